The summed E-state index contributed by atoms with van der Waals surface area (Å²) in [6.07, 6.45) is 21.3. The highest BCUT2D eigenvalue weighted by molar-refractivity contribution is 5.69. The minimum absolute atomic E-state index is 0.00125. The van der Waals surface area contributed by atoms with E-state index in [1.807, 2.05) is 0 Å². The molecule has 1 heterocycles. The first-order chi connectivity index (χ1) is 11.9. The lowest BCUT2D eigenvalue weighted by Gasteiger charge is -2.06. The van der Waals surface area contributed by atoms with Crippen LogP contribution in [0, 0.1) is 0 Å². The SMILES string of the molecule is O=C1CCCCCNCCCCCCCCCCCCCCCO1. The Kier molecular flexibility index (Phi) is 15.4. The molecule has 1 aliphatic heterocycles. The molecule has 1 N–H and O–H groups in total. The van der Waals surface area contributed by atoms with E-state index in [0.717, 1.165) is 32.4 Å². The van der Waals surface area contributed by atoms with Gasteiger partial charge in [0.15, 0.2) is 0 Å². The van der Waals surface area contributed by atoms with E-state index in [-0.39, 0.29) is 5.97 Å². The number of nitrogens with one attached hydrogen (secondary N) is 1. The Morgan fingerprint density at radius 1 is 0.542 bits per heavy atom. The normalized spacial score (nSPS) is 23.2. The first-order valence-electron chi connectivity index (χ1n) is 10.8. The van der Waals surface area contributed by atoms with E-state index in [9.17, 15) is 4.79 Å². The molecule has 0 bridgehead atoms. The van der Waals surface area contributed by atoms with Gasteiger partial charge in [0.2, 0.25) is 0 Å². The van der Waals surface area contributed by atoms with Crippen molar-refractivity contribution < 1.29 is 9.53 Å². The van der Waals surface area contributed by atoms with Gasteiger partial charge >= 0.3 is 5.97 Å². The average molecular weight is 340 g/mol. The third-order valence-electron chi connectivity index (χ3n) is 5.00. The molecule has 142 valence electrons. The number of cyclic esters (lactones) is 1. The zero-order chi connectivity index (χ0) is 17.1. The summed E-state index contributed by atoms with van der Waals surface area (Å²) in [5.74, 6) is 0.00125. The molecular formula is C21H41NO2. The van der Waals surface area contributed by atoms with Crippen LogP contribution in [-0.2, 0) is 9.53 Å². The van der Waals surface area contributed by atoms with Crippen LogP contribution in [-0.4, -0.2) is 25.7 Å². The van der Waals surface area contributed by atoms with Crippen LogP contribution in [0.1, 0.15) is 109 Å². The molecular weight excluding hydrogens is 298 g/mol. The molecule has 0 unspecified atom stereocenters. The van der Waals surface area contributed by atoms with Crippen molar-refractivity contribution in [1.29, 1.82) is 0 Å². The number of rotatable bonds is 0. The molecule has 0 amide bonds. The standard InChI is InChI=1S/C21H41NO2/c23-21-17-13-12-15-19-22-18-14-10-8-6-4-2-1-3-5-7-9-11-16-20-24-21/h22H,1-20H2. The first kappa shape index (κ1) is 21.5. The fourth-order valence-corrected chi connectivity index (χ4v) is 3.38. The maximum atomic E-state index is 11.6. The molecule has 1 rings (SSSR count). The van der Waals surface area contributed by atoms with E-state index in [0.29, 0.717) is 13.0 Å². The van der Waals surface area contributed by atoms with Crippen LogP contribution in [0.15, 0.2) is 0 Å². The number of hydrogen-bond donors (Lipinski definition) is 1. The van der Waals surface area contributed by atoms with E-state index in [2.05, 4.69) is 5.32 Å². The summed E-state index contributed by atoms with van der Waals surface area (Å²) in [4.78, 5) is 11.6. The molecule has 1 aliphatic rings. The fourth-order valence-electron chi connectivity index (χ4n) is 3.38. The zero-order valence-electron chi connectivity index (χ0n) is 16.0. The number of ether oxygens (including phenoxy) is 1. The first-order valence-corrected chi connectivity index (χ1v) is 10.8. The summed E-state index contributed by atoms with van der Waals surface area (Å²) < 4.78 is 5.31. The zero-order valence-corrected chi connectivity index (χ0v) is 16.0. The molecule has 0 radical (unpaired) electrons. The Bertz CT molecular complexity index is 255. The quantitative estimate of drug-likeness (QED) is 0.570. The molecule has 0 aromatic heterocycles. The van der Waals surface area contributed by atoms with Crippen LogP contribution in [0.2, 0.25) is 0 Å². The van der Waals surface area contributed by atoms with Gasteiger partial charge in [-0.2, -0.15) is 0 Å². The molecule has 0 spiro atoms. The summed E-state index contributed by atoms with van der Waals surface area (Å²) in [6, 6.07) is 0. The van der Waals surface area contributed by atoms with Gasteiger partial charge in [-0.1, -0.05) is 77.0 Å². The van der Waals surface area contributed by atoms with Crippen molar-refractivity contribution >= 4 is 5.97 Å². The summed E-state index contributed by atoms with van der Waals surface area (Å²) in [5, 5.41) is 3.52. The third kappa shape index (κ3) is 15.0. The van der Waals surface area contributed by atoms with E-state index < -0.39 is 0 Å². The highest BCUT2D eigenvalue weighted by atomic mass is 16.5. The van der Waals surface area contributed by atoms with E-state index in [4.69, 9.17) is 4.74 Å². The lowest BCUT2D eigenvalue weighted by Crippen LogP contribution is -2.16. The highest BCUT2D eigenvalue weighted by Gasteiger charge is 2.02. The number of carbonyl (C=O) groups is 1. The van der Waals surface area contributed by atoms with Crippen molar-refractivity contribution in [3.63, 3.8) is 0 Å². The molecule has 0 aliphatic carbocycles. The van der Waals surface area contributed by atoms with E-state index >= 15 is 0 Å². The summed E-state index contributed by atoms with van der Waals surface area (Å²) >= 11 is 0. The predicted octanol–water partition coefficient (Wildman–Crippen LogP) is 5.76. The van der Waals surface area contributed by atoms with Crippen LogP contribution in [0.4, 0.5) is 0 Å². The number of esters is 1. The molecule has 0 aromatic carbocycles. The minimum atomic E-state index is 0.00125. The Balaban J connectivity index is 2.08. The van der Waals surface area contributed by atoms with Gasteiger partial charge in [-0.05, 0) is 38.8 Å². The largest absolute Gasteiger partial charge is 0.466 e. The van der Waals surface area contributed by atoms with Gasteiger partial charge < -0.3 is 10.1 Å². The molecule has 1 saturated heterocycles. The van der Waals surface area contributed by atoms with Crippen LogP contribution in [0.3, 0.4) is 0 Å². The average Bonchev–Trinajstić information content (AvgIpc) is 2.58. The van der Waals surface area contributed by atoms with E-state index in [1.165, 1.54) is 83.5 Å². The van der Waals surface area contributed by atoms with Crippen LogP contribution < -0.4 is 5.32 Å². The van der Waals surface area contributed by atoms with Crippen molar-refractivity contribution in [3.05, 3.63) is 0 Å². The fraction of sp³-hybridized carbons (Fsp3) is 0.952. The number of carbonyl (C=O) groups excluding carboxylic acids is 1. The van der Waals surface area contributed by atoms with E-state index in [1.54, 1.807) is 0 Å². The summed E-state index contributed by atoms with van der Waals surface area (Å²) in [7, 11) is 0. The van der Waals surface area contributed by atoms with Gasteiger partial charge in [-0.3, -0.25) is 4.79 Å². The maximum Gasteiger partial charge on any atom is 0.305 e. The van der Waals surface area contributed by atoms with Gasteiger partial charge in [0.1, 0.15) is 0 Å². The smallest absolute Gasteiger partial charge is 0.305 e. The Hall–Kier alpha value is -0.570. The Labute approximate surface area is 150 Å². The van der Waals surface area contributed by atoms with Crippen molar-refractivity contribution in [2.24, 2.45) is 0 Å². The molecule has 24 heavy (non-hydrogen) atoms. The Morgan fingerprint density at radius 2 is 0.958 bits per heavy atom. The minimum Gasteiger partial charge on any atom is -0.466 e. The molecule has 0 saturated carbocycles. The summed E-state index contributed by atoms with van der Waals surface area (Å²) in [5.41, 5.74) is 0. The molecule has 0 atom stereocenters. The lowest BCUT2D eigenvalue weighted by atomic mass is 10.0. The van der Waals surface area contributed by atoms with Crippen LogP contribution >= 0.6 is 0 Å². The van der Waals surface area contributed by atoms with Crippen molar-refractivity contribution in [2.75, 3.05) is 19.7 Å². The van der Waals surface area contributed by atoms with Crippen molar-refractivity contribution in [3.8, 4) is 0 Å². The molecule has 1 fully saturated rings. The monoisotopic (exact) mass is 339 g/mol. The van der Waals surface area contributed by atoms with Gasteiger partial charge in [0.25, 0.3) is 0 Å². The Morgan fingerprint density at radius 3 is 1.50 bits per heavy atom. The predicted molar refractivity (Wildman–Crippen MR) is 102 cm³/mol. The van der Waals surface area contributed by atoms with Crippen LogP contribution in [0.25, 0.3) is 0 Å². The van der Waals surface area contributed by atoms with Gasteiger partial charge in [0.05, 0.1) is 6.61 Å². The van der Waals surface area contributed by atoms with Crippen molar-refractivity contribution in [2.45, 2.75) is 109 Å². The topological polar surface area (TPSA) is 38.3 Å². The lowest BCUT2D eigenvalue weighted by molar-refractivity contribution is -0.143. The van der Waals surface area contributed by atoms with Gasteiger partial charge in [-0.25, -0.2) is 0 Å². The van der Waals surface area contributed by atoms with Gasteiger partial charge in [0, 0.05) is 6.42 Å². The van der Waals surface area contributed by atoms with Crippen molar-refractivity contribution in [1.82, 2.24) is 5.32 Å². The molecule has 0 aromatic rings. The van der Waals surface area contributed by atoms with Crippen LogP contribution in [0.5, 0.6) is 0 Å². The second-order valence-electron chi connectivity index (χ2n) is 7.38. The second kappa shape index (κ2) is 17.3. The third-order valence-corrected chi connectivity index (χ3v) is 5.00. The summed E-state index contributed by atoms with van der Waals surface area (Å²) in [6.45, 7) is 2.87. The highest BCUT2D eigenvalue weighted by Crippen LogP contribution is 2.12. The maximum absolute atomic E-state index is 11.6. The second-order valence-corrected chi connectivity index (χ2v) is 7.38. The molecule has 3 heteroatoms. The molecule has 3 nitrogen and oxygen atoms in total. The van der Waals surface area contributed by atoms with Gasteiger partial charge in [-0.15, -0.1) is 0 Å². The number of hydrogen-bond acceptors (Lipinski definition) is 3.